The lowest BCUT2D eigenvalue weighted by Crippen LogP contribution is -2.23. The third-order valence-electron chi connectivity index (χ3n) is 2.74. The molecule has 0 bridgehead atoms. The molecule has 1 amide bonds. The largest absolute Gasteiger partial charge is 0.445 e. The van der Waals surface area contributed by atoms with Crippen LogP contribution >= 0.6 is 0 Å². The molecule has 3 heteroatoms. The predicted molar refractivity (Wildman–Crippen MR) is 77.8 cm³/mol. The molecule has 0 spiro atoms. The molecule has 2 rings (SSSR count). The Morgan fingerprint density at radius 1 is 1.10 bits per heavy atom. The Hall–Kier alpha value is -2.73. The van der Waals surface area contributed by atoms with Crippen LogP contribution in [-0.2, 0) is 17.9 Å². The van der Waals surface area contributed by atoms with E-state index in [1.807, 2.05) is 54.6 Å². The molecule has 100 valence electrons. The smallest absolute Gasteiger partial charge is 0.407 e. The van der Waals surface area contributed by atoms with Crippen molar-refractivity contribution in [1.29, 1.82) is 0 Å². The Morgan fingerprint density at radius 3 is 2.60 bits per heavy atom. The number of nitrogens with one attached hydrogen (secondary N) is 1. The normalized spacial score (nSPS) is 9.55. The topological polar surface area (TPSA) is 38.3 Å². The monoisotopic (exact) mass is 265 g/mol. The van der Waals surface area contributed by atoms with Crippen molar-refractivity contribution in [3.63, 3.8) is 0 Å². The third kappa shape index (κ3) is 4.18. The fourth-order valence-corrected chi connectivity index (χ4v) is 1.72. The van der Waals surface area contributed by atoms with E-state index in [1.165, 1.54) is 0 Å². The maximum atomic E-state index is 11.6. The highest BCUT2D eigenvalue weighted by atomic mass is 16.5. The summed E-state index contributed by atoms with van der Waals surface area (Å²) in [5.74, 6) is 2.56. The summed E-state index contributed by atoms with van der Waals surface area (Å²) in [6, 6.07) is 17.0. The maximum Gasteiger partial charge on any atom is 0.407 e. The van der Waals surface area contributed by atoms with Gasteiger partial charge in [0.05, 0.1) is 0 Å². The first-order valence-corrected chi connectivity index (χ1v) is 6.28. The molecule has 0 unspecified atom stereocenters. The third-order valence-corrected chi connectivity index (χ3v) is 2.74. The summed E-state index contributed by atoms with van der Waals surface area (Å²) in [7, 11) is 0. The van der Waals surface area contributed by atoms with Crippen molar-refractivity contribution in [2.24, 2.45) is 0 Å². The zero-order valence-electron chi connectivity index (χ0n) is 11.0. The minimum absolute atomic E-state index is 0.261. The van der Waals surface area contributed by atoms with Crippen molar-refractivity contribution in [1.82, 2.24) is 5.32 Å². The van der Waals surface area contributed by atoms with Crippen LogP contribution in [0.5, 0.6) is 0 Å². The zero-order chi connectivity index (χ0) is 14.2. The van der Waals surface area contributed by atoms with Crippen LogP contribution in [0.15, 0.2) is 54.6 Å². The molecule has 0 saturated carbocycles. The summed E-state index contributed by atoms with van der Waals surface area (Å²) < 4.78 is 5.12. The lowest BCUT2D eigenvalue weighted by Gasteiger charge is -2.07. The Balaban J connectivity index is 1.79. The summed E-state index contributed by atoms with van der Waals surface area (Å²) in [5.41, 5.74) is 2.69. The molecule has 3 nitrogen and oxygen atoms in total. The van der Waals surface area contributed by atoms with Crippen molar-refractivity contribution in [3.8, 4) is 12.3 Å². The minimum atomic E-state index is -0.444. The van der Waals surface area contributed by atoms with Crippen molar-refractivity contribution < 1.29 is 9.53 Å². The quantitative estimate of drug-likeness (QED) is 0.863. The van der Waals surface area contributed by atoms with Crippen LogP contribution < -0.4 is 5.32 Å². The Kier molecular flexibility index (Phi) is 4.80. The molecule has 0 radical (unpaired) electrons. The molecule has 0 aliphatic heterocycles. The number of carbonyl (C=O) groups excluding carboxylic acids is 1. The van der Waals surface area contributed by atoms with Gasteiger partial charge in [0.15, 0.2) is 0 Å². The van der Waals surface area contributed by atoms with Gasteiger partial charge in [0.25, 0.3) is 0 Å². The highest BCUT2D eigenvalue weighted by Gasteiger charge is 2.02. The van der Waals surface area contributed by atoms with Gasteiger partial charge in [-0.1, -0.05) is 48.4 Å². The second-order valence-corrected chi connectivity index (χ2v) is 4.26. The van der Waals surface area contributed by atoms with Gasteiger partial charge in [-0.25, -0.2) is 4.79 Å². The van der Waals surface area contributed by atoms with Crippen molar-refractivity contribution in [2.45, 2.75) is 13.2 Å². The molecule has 0 heterocycles. The zero-order valence-corrected chi connectivity index (χ0v) is 11.0. The number of ether oxygens (including phenoxy) is 1. The van der Waals surface area contributed by atoms with Gasteiger partial charge in [-0.2, -0.15) is 0 Å². The molecule has 0 aromatic heterocycles. The lowest BCUT2D eigenvalue weighted by molar-refractivity contribution is 0.139. The van der Waals surface area contributed by atoms with Crippen molar-refractivity contribution >= 4 is 6.09 Å². The van der Waals surface area contributed by atoms with Crippen molar-refractivity contribution in [3.05, 3.63) is 71.3 Å². The highest BCUT2D eigenvalue weighted by molar-refractivity contribution is 5.67. The van der Waals surface area contributed by atoms with Gasteiger partial charge in [-0.15, -0.1) is 6.42 Å². The van der Waals surface area contributed by atoms with E-state index in [0.29, 0.717) is 6.54 Å². The first kappa shape index (κ1) is 13.7. The number of carbonyl (C=O) groups is 1. The molecule has 0 atom stereocenters. The molecular weight excluding hydrogens is 250 g/mol. The second kappa shape index (κ2) is 7.01. The number of benzene rings is 2. The molecule has 2 aromatic rings. The van der Waals surface area contributed by atoms with Crippen LogP contribution in [0.3, 0.4) is 0 Å². The van der Waals surface area contributed by atoms with Crippen LogP contribution in [-0.4, -0.2) is 6.09 Å². The van der Waals surface area contributed by atoms with E-state index in [-0.39, 0.29) is 6.61 Å². The number of hydrogen-bond acceptors (Lipinski definition) is 2. The fourth-order valence-electron chi connectivity index (χ4n) is 1.72. The van der Waals surface area contributed by atoms with Gasteiger partial charge in [0.1, 0.15) is 6.61 Å². The first-order chi connectivity index (χ1) is 9.78. The van der Waals surface area contributed by atoms with Gasteiger partial charge < -0.3 is 10.1 Å². The number of terminal acetylenes is 1. The lowest BCUT2D eigenvalue weighted by atomic mass is 10.1. The van der Waals surface area contributed by atoms with Gasteiger partial charge in [0.2, 0.25) is 0 Å². The molecule has 2 aromatic carbocycles. The number of alkyl carbamates (subject to hydrolysis) is 1. The van der Waals surface area contributed by atoms with Crippen LogP contribution in [0.2, 0.25) is 0 Å². The van der Waals surface area contributed by atoms with E-state index < -0.39 is 6.09 Å². The summed E-state index contributed by atoms with van der Waals surface area (Å²) in [6.07, 6.45) is 4.88. The number of amides is 1. The predicted octanol–water partition coefficient (Wildman–Crippen LogP) is 3.09. The second-order valence-electron chi connectivity index (χ2n) is 4.26. The summed E-state index contributed by atoms with van der Waals surface area (Å²) in [5, 5.41) is 2.69. The first-order valence-electron chi connectivity index (χ1n) is 6.28. The SMILES string of the molecule is C#Cc1cccc(CNC(=O)OCc2ccccc2)c1. The van der Waals surface area contributed by atoms with E-state index in [4.69, 9.17) is 11.2 Å². The molecule has 20 heavy (non-hydrogen) atoms. The average molecular weight is 265 g/mol. The van der Waals surface area contributed by atoms with Gasteiger partial charge in [-0.05, 0) is 23.3 Å². The molecule has 0 fully saturated rings. The van der Waals surface area contributed by atoms with Crippen LogP contribution in [0.1, 0.15) is 16.7 Å². The van der Waals surface area contributed by atoms with Gasteiger partial charge in [0, 0.05) is 12.1 Å². The summed E-state index contributed by atoms with van der Waals surface area (Å²) >= 11 is 0. The number of rotatable bonds is 4. The van der Waals surface area contributed by atoms with E-state index in [0.717, 1.165) is 16.7 Å². The van der Waals surface area contributed by atoms with E-state index in [1.54, 1.807) is 0 Å². The molecular formula is C17H15NO2. The molecule has 0 saturated heterocycles. The van der Waals surface area contributed by atoms with E-state index in [2.05, 4.69) is 11.2 Å². The highest BCUT2D eigenvalue weighted by Crippen LogP contribution is 2.04. The molecule has 0 aliphatic carbocycles. The maximum absolute atomic E-state index is 11.6. The molecule has 1 N–H and O–H groups in total. The Morgan fingerprint density at radius 2 is 1.85 bits per heavy atom. The van der Waals surface area contributed by atoms with Gasteiger partial charge in [-0.3, -0.25) is 0 Å². The fraction of sp³-hybridized carbons (Fsp3) is 0.118. The minimum Gasteiger partial charge on any atom is -0.445 e. The molecule has 0 aliphatic rings. The van der Waals surface area contributed by atoms with E-state index in [9.17, 15) is 4.79 Å². The van der Waals surface area contributed by atoms with Crippen LogP contribution in [0.4, 0.5) is 4.79 Å². The summed E-state index contributed by atoms with van der Waals surface area (Å²) in [6.45, 7) is 0.653. The Labute approximate surface area is 118 Å². The summed E-state index contributed by atoms with van der Waals surface area (Å²) in [4.78, 5) is 11.6. The standard InChI is InChI=1S/C17H15NO2/c1-2-14-9-6-10-16(11-14)12-18-17(19)20-13-15-7-4-3-5-8-15/h1,3-11H,12-13H2,(H,18,19). The average Bonchev–Trinajstić information content (AvgIpc) is 2.52. The van der Waals surface area contributed by atoms with Crippen molar-refractivity contribution in [2.75, 3.05) is 0 Å². The number of hydrogen-bond donors (Lipinski definition) is 1. The van der Waals surface area contributed by atoms with E-state index >= 15 is 0 Å². The van der Waals surface area contributed by atoms with Gasteiger partial charge >= 0.3 is 6.09 Å². The van der Waals surface area contributed by atoms with Crippen LogP contribution in [0.25, 0.3) is 0 Å². The Bertz CT molecular complexity index is 614. The van der Waals surface area contributed by atoms with Crippen LogP contribution in [0, 0.1) is 12.3 Å².